The van der Waals surface area contributed by atoms with Crippen LogP contribution in [0.4, 0.5) is 0 Å². The van der Waals surface area contributed by atoms with Crippen molar-refractivity contribution in [3.05, 3.63) is 71.3 Å². The minimum absolute atomic E-state index is 0.0767. The topological polar surface area (TPSA) is 66.4 Å². The monoisotopic (exact) mass is 568 g/mol. The summed E-state index contributed by atoms with van der Waals surface area (Å²) in [5.41, 5.74) is 3.05. The summed E-state index contributed by atoms with van der Waals surface area (Å²) >= 11 is 0. The number of aliphatic hydroxyl groups excluding tert-OH is 1. The van der Waals surface area contributed by atoms with Crippen molar-refractivity contribution in [2.45, 2.75) is 84.1 Å². The Kier molecular flexibility index (Phi) is 14.0. The first-order valence-electron chi connectivity index (χ1n) is 13.9. The van der Waals surface area contributed by atoms with Gasteiger partial charge in [-0.25, -0.2) is 0 Å². The van der Waals surface area contributed by atoms with E-state index >= 15 is 0 Å². The summed E-state index contributed by atoms with van der Waals surface area (Å²) in [6, 6.07) is 15.6. The smallest absolute Gasteiger partial charge is 0.192 e. The maximum Gasteiger partial charge on any atom is 0.192 e. The number of allylic oxidation sites excluding steroid dienone is 1. The molecule has 0 aliphatic carbocycles. The molecule has 0 aliphatic heterocycles. The Morgan fingerprint density at radius 1 is 0.900 bits per heavy atom. The van der Waals surface area contributed by atoms with Crippen molar-refractivity contribution in [3.63, 3.8) is 0 Å². The number of benzene rings is 2. The van der Waals surface area contributed by atoms with Crippen LogP contribution in [0.2, 0.25) is 18.1 Å². The maximum absolute atomic E-state index is 10.3. The highest BCUT2D eigenvalue weighted by molar-refractivity contribution is 6.74. The van der Waals surface area contributed by atoms with Gasteiger partial charge in [-0.3, -0.25) is 0 Å². The minimum atomic E-state index is -1.99. The second-order valence-electron chi connectivity index (χ2n) is 11.5. The summed E-state index contributed by atoms with van der Waals surface area (Å²) in [4.78, 5) is 0. The van der Waals surface area contributed by atoms with Gasteiger partial charge in [0, 0.05) is 6.42 Å². The molecular formula is C33H48O6Si. The van der Waals surface area contributed by atoms with Gasteiger partial charge in [0.05, 0.1) is 46.8 Å². The molecule has 0 aliphatic rings. The van der Waals surface area contributed by atoms with Crippen LogP contribution in [0.1, 0.15) is 51.7 Å². The maximum atomic E-state index is 10.3. The molecule has 2 rings (SSSR count). The van der Waals surface area contributed by atoms with E-state index in [4.69, 9.17) is 23.4 Å². The van der Waals surface area contributed by atoms with Crippen LogP contribution in [0.3, 0.4) is 0 Å². The van der Waals surface area contributed by atoms with Gasteiger partial charge >= 0.3 is 0 Å². The third kappa shape index (κ3) is 12.3. The molecule has 2 aromatic carbocycles. The first kappa shape index (κ1) is 33.6. The summed E-state index contributed by atoms with van der Waals surface area (Å²) in [6.45, 7) is 15.1. The van der Waals surface area contributed by atoms with Gasteiger partial charge in [-0.15, -0.1) is 0 Å². The lowest BCUT2D eigenvalue weighted by molar-refractivity contribution is 0.0358. The number of rotatable bonds is 15. The molecule has 0 bridgehead atoms. The fraction of sp³-hybridized carbons (Fsp3) is 0.515. The third-order valence-electron chi connectivity index (χ3n) is 7.09. The van der Waals surface area contributed by atoms with Crippen molar-refractivity contribution in [1.82, 2.24) is 0 Å². The summed E-state index contributed by atoms with van der Waals surface area (Å²) in [5.74, 6) is 7.67. The standard InChI is InChI=1S/C33H48O6Si/c1-26(9-15-29(34)21-22-37-23-27-11-17-30(35-5)18-12-27)10-16-32(39-40(7,8)33(2,3)4)25-38-24-28-13-19-31(36-6)20-14-28/h10-14,17-20,29,32,34H,16,21-25H2,1-8H3/b26-10+. The van der Waals surface area contributed by atoms with E-state index in [1.807, 2.05) is 55.5 Å². The molecule has 2 atom stereocenters. The molecule has 6 nitrogen and oxygen atoms in total. The summed E-state index contributed by atoms with van der Waals surface area (Å²) in [6.07, 6.45) is 2.40. The first-order chi connectivity index (χ1) is 18.9. The van der Waals surface area contributed by atoms with Gasteiger partial charge in [-0.1, -0.05) is 63.0 Å². The normalized spacial score (nSPS) is 13.8. The zero-order valence-corrected chi connectivity index (χ0v) is 26.6. The third-order valence-corrected chi connectivity index (χ3v) is 11.6. The van der Waals surface area contributed by atoms with Crippen LogP contribution in [0.25, 0.3) is 0 Å². The van der Waals surface area contributed by atoms with Crippen LogP contribution in [-0.4, -0.2) is 53.1 Å². The van der Waals surface area contributed by atoms with Crippen molar-refractivity contribution >= 4 is 8.32 Å². The van der Waals surface area contributed by atoms with Gasteiger partial charge in [-0.05, 0) is 72.4 Å². The van der Waals surface area contributed by atoms with E-state index in [9.17, 15) is 5.11 Å². The quantitative estimate of drug-likeness (QED) is 0.143. The average molecular weight is 569 g/mol. The van der Waals surface area contributed by atoms with E-state index < -0.39 is 14.4 Å². The number of hydrogen-bond acceptors (Lipinski definition) is 6. The van der Waals surface area contributed by atoms with Gasteiger partial charge in [0.15, 0.2) is 8.32 Å². The minimum Gasteiger partial charge on any atom is -0.497 e. The molecule has 0 fully saturated rings. The number of aliphatic hydroxyl groups is 1. The number of hydrogen-bond donors (Lipinski definition) is 1. The van der Waals surface area contributed by atoms with Crippen LogP contribution in [0, 0.1) is 11.8 Å². The fourth-order valence-electron chi connectivity index (χ4n) is 3.51. The highest BCUT2D eigenvalue weighted by Gasteiger charge is 2.39. The Hall–Kier alpha value is -2.60. The SMILES string of the molecule is COc1ccc(COCCC(O)C#C/C(C)=C/CC(COCc2ccc(OC)cc2)O[Si](C)(C)C(C)(C)C)cc1. The molecule has 0 aromatic heterocycles. The van der Waals surface area contributed by atoms with E-state index in [0.29, 0.717) is 39.3 Å². The Morgan fingerprint density at radius 2 is 1.43 bits per heavy atom. The van der Waals surface area contributed by atoms with Crippen molar-refractivity contribution in [3.8, 4) is 23.3 Å². The van der Waals surface area contributed by atoms with E-state index in [2.05, 4.69) is 51.8 Å². The van der Waals surface area contributed by atoms with Crippen LogP contribution in [-0.2, 0) is 27.1 Å². The van der Waals surface area contributed by atoms with Gasteiger partial charge in [0.25, 0.3) is 0 Å². The molecule has 2 unspecified atom stereocenters. The average Bonchev–Trinajstić information content (AvgIpc) is 2.92. The van der Waals surface area contributed by atoms with Crippen LogP contribution < -0.4 is 9.47 Å². The lowest BCUT2D eigenvalue weighted by Gasteiger charge is -2.39. The van der Waals surface area contributed by atoms with Gasteiger partial charge < -0.3 is 28.5 Å². The summed E-state index contributed by atoms with van der Waals surface area (Å²) < 4.78 is 28.9. The van der Waals surface area contributed by atoms with Crippen molar-refractivity contribution in [2.24, 2.45) is 0 Å². The molecule has 0 saturated heterocycles. The largest absolute Gasteiger partial charge is 0.497 e. The zero-order chi connectivity index (χ0) is 29.6. The predicted molar refractivity (Wildman–Crippen MR) is 164 cm³/mol. The Labute approximate surface area is 242 Å². The Bertz CT molecular complexity index is 1090. The molecule has 0 heterocycles. The molecule has 7 heteroatoms. The lowest BCUT2D eigenvalue weighted by Crippen LogP contribution is -2.45. The van der Waals surface area contributed by atoms with Crippen LogP contribution in [0.5, 0.6) is 11.5 Å². The first-order valence-corrected chi connectivity index (χ1v) is 16.8. The number of ether oxygens (including phenoxy) is 4. The Balaban J connectivity index is 1.87. The Morgan fingerprint density at radius 3 is 1.93 bits per heavy atom. The molecular weight excluding hydrogens is 520 g/mol. The number of methoxy groups -OCH3 is 2. The lowest BCUT2D eigenvalue weighted by atomic mass is 10.1. The van der Waals surface area contributed by atoms with Crippen molar-refractivity contribution in [2.75, 3.05) is 27.4 Å². The van der Waals surface area contributed by atoms with E-state index in [0.717, 1.165) is 28.2 Å². The molecule has 0 spiro atoms. The predicted octanol–water partition coefficient (Wildman–Crippen LogP) is 6.92. The molecule has 0 radical (unpaired) electrons. The highest BCUT2D eigenvalue weighted by Crippen LogP contribution is 2.37. The van der Waals surface area contributed by atoms with Crippen molar-refractivity contribution < 1.29 is 28.5 Å². The fourth-order valence-corrected chi connectivity index (χ4v) is 4.86. The summed E-state index contributed by atoms with van der Waals surface area (Å²) in [7, 11) is 1.32. The van der Waals surface area contributed by atoms with Gasteiger partial charge in [0.2, 0.25) is 0 Å². The molecule has 220 valence electrons. The van der Waals surface area contributed by atoms with Crippen LogP contribution in [0.15, 0.2) is 60.2 Å². The zero-order valence-electron chi connectivity index (χ0n) is 25.6. The molecule has 0 saturated carbocycles. The molecule has 40 heavy (non-hydrogen) atoms. The van der Waals surface area contributed by atoms with Gasteiger partial charge in [-0.2, -0.15) is 0 Å². The highest BCUT2D eigenvalue weighted by atomic mass is 28.4. The molecule has 0 amide bonds. The van der Waals surface area contributed by atoms with Crippen molar-refractivity contribution in [1.29, 1.82) is 0 Å². The van der Waals surface area contributed by atoms with E-state index in [-0.39, 0.29) is 11.1 Å². The summed E-state index contributed by atoms with van der Waals surface area (Å²) in [5, 5.41) is 10.4. The second kappa shape index (κ2) is 16.6. The van der Waals surface area contributed by atoms with E-state index in [1.165, 1.54) is 0 Å². The van der Waals surface area contributed by atoms with Gasteiger partial charge in [0.1, 0.15) is 17.6 Å². The van der Waals surface area contributed by atoms with E-state index in [1.54, 1.807) is 14.2 Å². The second-order valence-corrected chi connectivity index (χ2v) is 16.2. The molecule has 2 aromatic rings. The van der Waals surface area contributed by atoms with Crippen LogP contribution >= 0.6 is 0 Å². The molecule has 1 N–H and O–H groups in total.